The highest BCUT2D eigenvalue weighted by Crippen LogP contribution is 2.21. The molecule has 0 bridgehead atoms. The van der Waals surface area contributed by atoms with Crippen LogP contribution in [0.3, 0.4) is 0 Å². The summed E-state index contributed by atoms with van der Waals surface area (Å²) in [5.74, 6) is 0.229. The zero-order valence-corrected chi connectivity index (χ0v) is 7.07. The van der Waals surface area contributed by atoms with E-state index in [4.69, 9.17) is 0 Å². The van der Waals surface area contributed by atoms with E-state index in [0.717, 1.165) is 11.4 Å². The number of carbonyl (C=O) groups excluding carboxylic acids is 1. The Morgan fingerprint density at radius 2 is 2.40 bits per heavy atom. The van der Waals surface area contributed by atoms with Crippen molar-refractivity contribution in [3.63, 3.8) is 0 Å². The smallest absolute Gasteiger partial charge is 0.227 e. The molecule has 0 radical (unpaired) electrons. The van der Waals surface area contributed by atoms with Gasteiger partial charge < -0.3 is 4.90 Å². The van der Waals surface area contributed by atoms with Crippen LogP contribution in [0.5, 0.6) is 0 Å². The van der Waals surface area contributed by atoms with E-state index in [0.29, 0.717) is 6.42 Å². The van der Waals surface area contributed by atoms with Crippen LogP contribution in [0, 0.1) is 0 Å². The standard InChI is InChI=1S/C7H11NOS/c1-8-6(9)4-3-5-7(8)10-2/h5H,3-4H2,1-2H3. The fraction of sp³-hybridized carbons (Fsp3) is 0.571. The molecule has 0 aliphatic carbocycles. The average Bonchev–Trinajstić information content (AvgIpc) is 1.95. The molecular weight excluding hydrogens is 146 g/mol. The highest BCUT2D eigenvalue weighted by atomic mass is 32.2. The zero-order chi connectivity index (χ0) is 7.56. The summed E-state index contributed by atoms with van der Waals surface area (Å²) in [6.07, 6.45) is 5.66. The maximum atomic E-state index is 11.0. The third-order valence-corrected chi connectivity index (χ3v) is 2.45. The lowest BCUT2D eigenvalue weighted by Crippen LogP contribution is -2.26. The fourth-order valence-corrected chi connectivity index (χ4v) is 1.63. The minimum Gasteiger partial charge on any atom is -0.310 e. The van der Waals surface area contributed by atoms with Gasteiger partial charge in [-0.3, -0.25) is 4.79 Å². The molecule has 1 heterocycles. The van der Waals surface area contributed by atoms with Crippen LogP contribution in [0.25, 0.3) is 0 Å². The average molecular weight is 157 g/mol. The molecular formula is C7H11NOS. The number of hydrogen-bond acceptors (Lipinski definition) is 2. The topological polar surface area (TPSA) is 20.3 Å². The molecule has 3 heteroatoms. The lowest BCUT2D eigenvalue weighted by molar-refractivity contribution is -0.128. The van der Waals surface area contributed by atoms with E-state index < -0.39 is 0 Å². The van der Waals surface area contributed by atoms with E-state index in [2.05, 4.69) is 6.08 Å². The monoisotopic (exact) mass is 157 g/mol. The fourth-order valence-electron chi connectivity index (χ4n) is 0.967. The molecule has 0 fully saturated rings. The molecule has 0 atom stereocenters. The highest BCUT2D eigenvalue weighted by Gasteiger charge is 2.15. The molecule has 2 nitrogen and oxygen atoms in total. The normalized spacial score (nSPS) is 19.2. The third kappa shape index (κ3) is 1.34. The van der Waals surface area contributed by atoms with Gasteiger partial charge in [0.2, 0.25) is 5.91 Å². The molecule has 1 rings (SSSR count). The van der Waals surface area contributed by atoms with Gasteiger partial charge in [0.05, 0.1) is 5.03 Å². The second-order valence-corrected chi connectivity index (χ2v) is 3.06. The molecule has 0 aromatic carbocycles. The van der Waals surface area contributed by atoms with Crippen molar-refractivity contribution in [1.29, 1.82) is 0 Å². The molecule has 0 saturated carbocycles. The predicted molar refractivity (Wildman–Crippen MR) is 43.6 cm³/mol. The maximum Gasteiger partial charge on any atom is 0.227 e. The SMILES string of the molecule is CSC1=CCCC(=O)N1C. The van der Waals surface area contributed by atoms with Crippen LogP contribution in [0.2, 0.25) is 0 Å². The van der Waals surface area contributed by atoms with Gasteiger partial charge in [-0.2, -0.15) is 0 Å². The lowest BCUT2D eigenvalue weighted by atomic mass is 10.2. The highest BCUT2D eigenvalue weighted by molar-refractivity contribution is 8.02. The van der Waals surface area contributed by atoms with Crippen LogP contribution in [0.4, 0.5) is 0 Å². The Kier molecular flexibility index (Phi) is 2.38. The molecule has 0 unspecified atom stereocenters. The second-order valence-electron chi connectivity index (χ2n) is 2.24. The van der Waals surface area contributed by atoms with Gasteiger partial charge in [0, 0.05) is 13.5 Å². The van der Waals surface area contributed by atoms with Crippen molar-refractivity contribution in [3.05, 3.63) is 11.1 Å². The molecule has 10 heavy (non-hydrogen) atoms. The van der Waals surface area contributed by atoms with Crippen molar-refractivity contribution in [3.8, 4) is 0 Å². The van der Waals surface area contributed by atoms with Crippen LogP contribution < -0.4 is 0 Å². The van der Waals surface area contributed by atoms with Crippen LogP contribution >= 0.6 is 11.8 Å². The number of carbonyl (C=O) groups is 1. The summed E-state index contributed by atoms with van der Waals surface area (Å²) in [4.78, 5) is 12.8. The number of allylic oxidation sites excluding steroid dienone is 1. The lowest BCUT2D eigenvalue weighted by Gasteiger charge is -2.22. The molecule has 0 N–H and O–H groups in total. The number of nitrogens with zero attached hydrogens (tertiary/aromatic N) is 1. The maximum absolute atomic E-state index is 11.0. The van der Waals surface area contributed by atoms with Crippen molar-refractivity contribution in [2.75, 3.05) is 13.3 Å². The molecule has 1 aliphatic rings. The van der Waals surface area contributed by atoms with Crippen molar-refractivity contribution < 1.29 is 4.79 Å². The van der Waals surface area contributed by atoms with E-state index in [1.54, 1.807) is 16.7 Å². The van der Waals surface area contributed by atoms with E-state index in [9.17, 15) is 4.79 Å². The molecule has 0 saturated heterocycles. The number of hydrogen-bond donors (Lipinski definition) is 0. The van der Waals surface area contributed by atoms with Crippen LogP contribution in [-0.4, -0.2) is 24.1 Å². The minimum atomic E-state index is 0.229. The van der Waals surface area contributed by atoms with Crippen LogP contribution in [0.15, 0.2) is 11.1 Å². The third-order valence-electron chi connectivity index (χ3n) is 1.59. The van der Waals surface area contributed by atoms with Gasteiger partial charge in [-0.05, 0) is 12.7 Å². The molecule has 1 amide bonds. The molecule has 1 aliphatic heterocycles. The molecule has 56 valence electrons. The quantitative estimate of drug-likeness (QED) is 0.574. The van der Waals surface area contributed by atoms with E-state index in [-0.39, 0.29) is 5.91 Å². The Bertz CT molecular complexity index is 176. The first-order chi connectivity index (χ1) is 4.75. The summed E-state index contributed by atoms with van der Waals surface area (Å²) in [7, 11) is 1.82. The summed E-state index contributed by atoms with van der Waals surface area (Å²) in [5, 5.41) is 1.08. The summed E-state index contributed by atoms with van der Waals surface area (Å²) in [6, 6.07) is 0. The van der Waals surface area contributed by atoms with E-state index in [1.165, 1.54) is 0 Å². The van der Waals surface area contributed by atoms with Crippen LogP contribution in [-0.2, 0) is 4.79 Å². The summed E-state index contributed by atoms with van der Waals surface area (Å²) in [5.41, 5.74) is 0. The predicted octanol–water partition coefficient (Wildman–Crippen LogP) is 1.44. The Morgan fingerprint density at radius 1 is 1.70 bits per heavy atom. The van der Waals surface area contributed by atoms with Gasteiger partial charge in [0.15, 0.2) is 0 Å². The Labute approximate surface area is 65.3 Å². The van der Waals surface area contributed by atoms with Crippen LogP contribution in [0.1, 0.15) is 12.8 Å². The Hall–Kier alpha value is -0.440. The summed E-state index contributed by atoms with van der Waals surface area (Å²) >= 11 is 1.62. The van der Waals surface area contributed by atoms with Gasteiger partial charge in [-0.15, -0.1) is 11.8 Å². The Balaban J connectivity index is 2.71. The summed E-state index contributed by atoms with van der Waals surface area (Å²) in [6.45, 7) is 0. The first-order valence-corrected chi connectivity index (χ1v) is 4.49. The van der Waals surface area contributed by atoms with E-state index >= 15 is 0 Å². The number of amides is 1. The van der Waals surface area contributed by atoms with Crippen molar-refractivity contribution in [2.24, 2.45) is 0 Å². The Morgan fingerprint density at radius 3 is 2.90 bits per heavy atom. The molecule has 0 aromatic heterocycles. The second kappa shape index (κ2) is 3.10. The van der Waals surface area contributed by atoms with Crippen molar-refractivity contribution >= 4 is 17.7 Å². The van der Waals surface area contributed by atoms with Gasteiger partial charge in [-0.1, -0.05) is 6.08 Å². The first kappa shape index (κ1) is 7.66. The van der Waals surface area contributed by atoms with Gasteiger partial charge in [-0.25, -0.2) is 0 Å². The van der Waals surface area contributed by atoms with Crippen molar-refractivity contribution in [2.45, 2.75) is 12.8 Å². The van der Waals surface area contributed by atoms with Gasteiger partial charge in [0.25, 0.3) is 0 Å². The largest absolute Gasteiger partial charge is 0.310 e. The number of thioether (sulfide) groups is 1. The molecule has 0 spiro atoms. The molecule has 0 aromatic rings. The zero-order valence-electron chi connectivity index (χ0n) is 6.26. The minimum absolute atomic E-state index is 0.229. The van der Waals surface area contributed by atoms with Gasteiger partial charge in [0.1, 0.15) is 0 Å². The van der Waals surface area contributed by atoms with Crippen molar-refractivity contribution in [1.82, 2.24) is 4.90 Å². The number of rotatable bonds is 1. The van der Waals surface area contributed by atoms with Gasteiger partial charge >= 0.3 is 0 Å². The summed E-state index contributed by atoms with van der Waals surface area (Å²) < 4.78 is 0. The first-order valence-electron chi connectivity index (χ1n) is 3.26. The van der Waals surface area contributed by atoms with E-state index in [1.807, 2.05) is 13.3 Å².